The predicted molar refractivity (Wildman–Crippen MR) is 93.8 cm³/mol. The molecular weight excluding hydrogens is 322 g/mol. The smallest absolute Gasteiger partial charge is 0.253 e. The summed E-state index contributed by atoms with van der Waals surface area (Å²) in [7, 11) is 0. The quantitative estimate of drug-likeness (QED) is 0.861. The van der Waals surface area contributed by atoms with Crippen LogP contribution in [0.5, 0.6) is 0 Å². The zero-order valence-corrected chi connectivity index (χ0v) is 14.2. The largest absolute Gasteiger partial charge is 0.338 e. The number of amides is 1. The fourth-order valence-electron chi connectivity index (χ4n) is 3.91. The van der Waals surface area contributed by atoms with Gasteiger partial charge in [-0.2, -0.15) is 0 Å². The predicted octanol–water partition coefficient (Wildman–Crippen LogP) is 2.94. The van der Waals surface area contributed by atoms with Gasteiger partial charge in [0, 0.05) is 55.7 Å². The Morgan fingerprint density at radius 1 is 1.00 bits per heavy atom. The minimum atomic E-state index is 0.135. The molecule has 0 saturated carbocycles. The topological polar surface area (TPSA) is 36.4 Å². The molecule has 0 aliphatic carbocycles. The minimum absolute atomic E-state index is 0.135. The van der Waals surface area contributed by atoms with E-state index in [-0.39, 0.29) is 5.91 Å². The van der Waals surface area contributed by atoms with Gasteiger partial charge in [0.25, 0.3) is 5.91 Å². The molecule has 0 bridgehead atoms. The zero-order chi connectivity index (χ0) is 16.5. The fraction of sp³-hybridized carbons (Fsp3) is 0.368. The van der Waals surface area contributed by atoms with E-state index in [1.807, 2.05) is 17.0 Å². The zero-order valence-electron chi connectivity index (χ0n) is 13.4. The lowest BCUT2D eigenvalue weighted by Crippen LogP contribution is -2.33. The molecule has 2 unspecified atom stereocenters. The van der Waals surface area contributed by atoms with Crippen molar-refractivity contribution >= 4 is 17.5 Å². The van der Waals surface area contributed by atoms with Crippen molar-refractivity contribution in [3.05, 3.63) is 64.9 Å². The number of pyridine rings is 1. The average molecular weight is 342 g/mol. The monoisotopic (exact) mass is 341 g/mol. The molecular formula is C19H20ClN3O. The third-order valence-electron chi connectivity index (χ3n) is 5.10. The number of nitrogens with zero attached hydrogens (tertiary/aromatic N) is 3. The van der Waals surface area contributed by atoms with E-state index < -0.39 is 0 Å². The number of hydrogen-bond donors (Lipinski definition) is 0. The van der Waals surface area contributed by atoms with Crippen LogP contribution in [0.25, 0.3) is 0 Å². The van der Waals surface area contributed by atoms with Crippen LogP contribution in [0, 0.1) is 11.8 Å². The molecule has 1 amide bonds. The highest BCUT2D eigenvalue weighted by Gasteiger charge is 2.41. The first kappa shape index (κ1) is 15.6. The maximum Gasteiger partial charge on any atom is 0.253 e. The number of hydrogen-bond acceptors (Lipinski definition) is 3. The molecule has 0 spiro atoms. The summed E-state index contributed by atoms with van der Waals surface area (Å²) in [6, 6.07) is 11.7. The maximum absolute atomic E-state index is 12.6. The molecule has 124 valence electrons. The lowest BCUT2D eigenvalue weighted by atomic mass is 10.0. The van der Waals surface area contributed by atoms with Crippen molar-refractivity contribution in [2.45, 2.75) is 6.54 Å². The van der Waals surface area contributed by atoms with Crippen molar-refractivity contribution in [2.24, 2.45) is 11.8 Å². The fourth-order valence-corrected chi connectivity index (χ4v) is 4.04. The number of rotatable bonds is 3. The van der Waals surface area contributed by atoms with E-state index in [1.54, 1.807) is 24.5 Å². The number of carbonyl (C=O) groups is 1. The number of fused-ring (bicyclic) bond motifs is 1. The van der Waals surface area contributed by atoms with Gasteiger partial charge in [0.2, 0.25) is 0 Å². The summed E-state index contributed by atoms with van der Waals surface area (Å²) in [6.07, 6.45) is 3.36. The summed E-state index contributed by atoms with van der Waals surface area (Å²) in [5.74, 6) is 1.31. The van der Waals surface area contributed by atoms with Crippen LogP contribution in [-0.2, 0) is 6.54 Å². The second-order valence-corrected chi connectivity index (χ2v) is 7.22. The Bertz CT molecular complexity index is 705. The second-order valence-electron chi connectivity index (χ2n) is 6.79. The number of aromatic nitrogens is 1. The van der Waals surface area contributed by atoms with Crippen molar-refractivity contribution in [2.75, 3.05) is 26.2 Å². The van der Waals surface area contributed by atoms with Crippen LogP contribution in [0.2, 0.25) is 5.02 Å². The van der Waals surface area contributed by atoms with Crippen LogP contribution in [0.4, 0.5) is 0 Å². The van der Waals surface area contributed by atoms with Gasteiger partial charge in [0.15, 0.2) is 0 Å². The first-order valence-corrected chi connectivity index (χ1v) is 8.73. The molecule has 2 saturated heterocycles. The molecule has 0 radical (unpaired) electrons. The molecule has 2 aliphatic heterocycles. The van der Waals surface area contributed by atoms with Crippen molar-refractivity contribution < 1.29 is 4.79 Å². The Kier molecular flexibility index (Phi) is 4.25. The lowest BCUT2D eigenvalue weighted by molar-refractivity contribution is 0.0773. The van der Waals surface area contributed by atoms with Gasteiger partial charge in [0.05, 0.1) is 0 Å². The SMILES string of the molecule is O=C(c1ccncc1)N1CC2CN(Cc3ccc(Cl)cc3)CC2C1. The number of likely N-dealkylation sites (tertiary alicyclic amines) is 2. The average Bonchev–Trinajstić information content (AvgIpc) is 3.15. The Labute approximate surface area is 147 Å². The summed E-state index contributed by atoms with van der Waals surface area (Å²) in [6.45, 7) is 4.81. The second kappa shape index (κ2) is 6.54. The van der Waals surface area contributed by atoms with E-state index >= 15 is 0 Å². The molecule has 0 N–H and O–H groups in total. The first-order valence-electron chi connectivity index (χ1n) is 8.35. The van der Waals surface area contributed by atoms with E-state index in [0.29, 0.717) is 11.8 Å². The Hall–Kier alpha value is -1.91. The van der Waals surface area contributed by atoms with E-state index in [4.69, 9.17) is 11.6 Å². The lowest BCUT2D eigenvalue weighted by Gasteiger charge is -2.21. The number of halogens is 1. The van der Waals surface area contributed by atoms with Crippen LogP contribution in [-0.4, -0.2) is 46.9 Å². The molecule has 2 fully saturated rings. The van der Waals surface area contributed by atoms with Crippen LogP contribution < -0.4 is 0 Å². The molecule has 4 rings (SSSR count). The number of carbonyl (C=O) groups excluding carboxylic acids is 1. The summed E-state index contributed by atoms with van der Waals surface area (Å²) in [4.78, 5) is 21.0. The van der Waals surface area contributed by atoms with Gasteiger partial charge in [-0.25, -0.2) is 0 Å². The standard InChI is InChI=1S/C19H20ClN3O/c20-18-3-1-14(2-4-18)9-22-10-16-12-23(13-17(16)11-22)19(24)15-5-7-21-8-6-15/h1-8,16-17H,9-13H2. The Morgan fingerprint density at radius 2 is 1.62 bits per heavy atom. The van der Waals surface area contributed by atoms with Crippen molar-refractivity contribution in [3.8, 4) is 0 Å². The van der Waals surface area contributed by atoms with Crippen LogP contribution in [0.1, 0.15) is 15.9 Å². The van der Waals surface area contributed by atoms with E-state index in [1.165, 1.54) is 5.56 Å². The highest BCUT2D eigenvalue weighted by molar-refractivity contribution is 6.30. The van der Waals surface area contributed by atoms with Gasteiger partial charge < -0.3 is 4.90 Å². The molecule has 2 aliphatic rings. The van der Waals surface area contributed by atoms with Crippen molar-refractivity contribution in [1.29, 1.82) is 0 Å². The van der Waals surface area contributed by atoms with Gasteiger partial charge in [0.1, 0.15) is 0 Å². The molecule has 1 aromatic carbocycles. The summed E-state index contributed by atoms with van der Waals surface area (Å²) >= 11 is 5.95. The molecule has 1 aromatic heterocycles. The van der Waals surface area contributed by atoms with Gasteiger partial charge in [-0.1, -0.05) is 23.7 Å². The van der Waals surface area contributed by atoms with Crippen LogP contribution >= 0.6 is 11.6 Å². The molecule has 2 atom stereocenters. The number of benzene rings is 1. The van der Waals surface area contributed by atoms with Crippen molar-refractivity contribution in [3.63, 3.8) is 0 Å². The van der Waals surface area contributed by atoms with E-state index in [0.717, 1.165) is 43.3 Å². The highest BCUT2D eigenvalue weighted by atomic mass is 35.5. The first-order chi connectivity index (χ1) is 11.7. The van der Waals surface area contributed by atoms with Crippen LogP contribution in [0.15, 0.2) is 48.8 Å². The Balaban J connectivity index is 1.35. The van der Waals surface area contributed by atoms with Gasteiger partial charge in [-0.15, -0.1) is 0 Å². The van der Waals surface area contributed by atoms with Crippen molar-refractivity contribution in [1.82, 2.24) is 14.8 Å². The third kappa shape index (κ3) is 3.17. The summed E-state index contributed by atoms with van der Waals surface area (Å²) in [5, 5.41) is 0.780. The minimum Gasteiger partial charge on any atom is -0.338 e. The van der Waals surface area contributed by atoms with Gasteiger partial charge >= 0.3 is 0 Å². The van der Waals surface area contributed by atoms with Crippen LogP contribution in [0.3, 0.4) is 0 Å². The summed E-state index contributed by atoms with van der Waals surface area (Å²) < 4.78 is 0. The highest BCUT2D eigenvalue weighted by Crippen LogP contribution is 2.32. The Morgan fingerprint density at radius 3 is 2.25 bits per heavy atom. The molecule has 3 heterocycles. The van der Waals surface area contributed by atoms with Gasteiger partial charge in [-0.3, -0.25) is 14.7 Å². The molecule has 5 heteroatoms. The molecule has 2 aromatic rings. The summed E-state index contributed by atoms with van der Waals surface area (Å²) in [5.41, 5.74) is 2.03. The molecule has 24 heavy (non-hydrogen) atoms. The normalized spacial score (nSPS) is 23.5. The van der Waals surface area contributed by atoms with Gasteiger partial charge in [-0.05, 0) is 41.7 Å². The third-order valence-corrected chi connectivity index (χ3v) is 5.35. The maximum atomic E-state index is 12.6. The molecule has 4 nitrogen and oxygen atoms in total. The van der Waals surface area contributed by atoms with E-state index in [2.05, 4.69) is 22.0 Å². The van der Waals surface area contributed by atoms with E-state index in [9.17, 15) is 4.79 Å².